The summed E-state index contributed by atoms with van der Waals surface area (Å²) < 4.78 is 0. The van der Waals surface area contributed by atoms with Gasteiger partial charge in [0.1, 0.15) is 11.6 Å². The molecule has 0 aliphatic heterocycles. The van der Waals surface area contributed by atoms with Gasteiger partial charge in [0.25, 0.3) is 0 Å². The fourth-order valence-corrected chi connectivity index (χ4v) is 2.87. The molecule has 1 heterocycles. The third-order valence-electron chi connectivity index (χ3n) is 4.02. The zero-order chi connectivity index (χ0) is 12.3. The van der Waals surface area contributed by atoms with Crippen LogP contribution in [0.4, 0.5) is 5.82 Å². The molecule has 94 valence electrons. The molecule has 1 aromatic rings. The molecule has 0 unspecified atom stereocenters. The molecule has 0 radical (unpaired) electrons. The number of nitrogens with zero attached hydrogens (tertiary/aromatic N) is 2. The van der Waals surface area contributed by atoms with Crippen LogP contribution in [0.2, 0.25) is 0 Å². The second-order valence-corrected chi connectivity index (χ2v) is 5.36. The first-order valence-electron chi connectivity index (χ1n) is 6.70. The average Bonchev–Trinajstić information content (AvgIpc) is 2.74. The molecule has 0 amide bonds. The smallest absolute Gasteiger partial charge is 0.129 e. The quantitative estimate of drug-likeness (QED) is 0.865. The van der Waals surface area contributed by atoms with Gasteiger partial charge in [0.05, 0.1) is 0 Å². The minimum absolute atomic E-state index is 0.507. The number of nitrogens with one attached hydrogen (secondary N) is 1. The van der Waals surface area contributed by atoms with Gasteiger partial charge >= 0.3 is 0 Å². The lowest BCUT2D eigenvalue weighted by Gasteiger charge is -2.28. The second kappa shape index (κ2) is 5.03. The van der Waals surface area contributed by atoms with Crippen LogP contribution in [0.25, 0.3) is 0 Å². The Balaban J connectivity index is 2.01. The van der Waals surface area contributed by atoms with Crippen LogP contribution in [-0.2, 0) is 0 Å². The summed E-state index contributed by atoms with van der Waals surface area (Å²) in [6, 6.07) is 2.03. The lowest BCUT2D eigenvalue weighted by molar-refractivity contribution is 0.306. The Labute approximate surface area is 104 Å². The maximum atomic E-state index is 4.44. The minimum Gasteiger partial charge on any atom is -0.369 e. The lowest BCUT2D eigenvalue weighted by atomic mass is 9.83. The Kier molecular flexibility index (Phi) is 3.65. The van der Waals surface area contributed by atoms with Crippen molar-refractivity contribution in [2.45, 2.75) is 52.9 Å². The maximum absolute atomic E-state index is 4.44. The molecular formula is C14H23N3. The number of hydrogen-bond acceptors (Lipinski definition) is 3. The third-order valence-corrected chi connectivity index (χ3v) is 4.02. The fraction of sp³-hybridized carbons (Fsp3) is 0.714. The van der Waals surface area contributed by atoms with E-state index in [9.17, 15) is 0 Å². The van der Waals surface area contributed by atoms with Gasteiger partial charge in [-0.25, -0.2) is 9.97 Å². The summed E-state index contributed by atoms with van der Waals surface area (Å²) in [5, 5.41) is 3.51. The molecule has 1 aromatic heterocycles. The largest absolute Gasteiger partial charge is 0.369 e. The van der Waals surface area contributed by atoms with Gasteiger partial charge in [-0.3, -0.25) is 0 Å². The lowest BCUT2D eigenvalue weighted by Crippen LogP contribution is -2.26. The SMILES string of the molecule is CCC1(CNc2cc(C)nc(C)n2)CCCC1. The maximum Gasteiger partial charge on any atom is 0.129 e. The molecular weight excluding hydrogens is 210 g/mol. The number of hydrogen-bond donors (Lipinski definition) is 1. The van der Waals surface area contributed by atoms with Crippen molar-refractivity contribution >= 4 is 5.82 Å². The molecule has 1 aliphatic carbocycles. The van der Waals surface area contributed by atoms with Gasteiger partial charge in [0.15, 0.2) is 0 Å². The molecule has 17 heavy (non-hydrogen) atoms. The van der Waals surface area contributed by atoms with Crippen molar-refractivity contribution in [1.82, 2.24) is 9.97 Å². The van der Waals surface area contributed by atoms with E-state index in [2.05, 4.69) is 22.2 Å². The van der Waals surface area contributed by atoms with Crippen molar-refractivity contribution in [2.24, 2.45) is 5.41 Å². The van der Waals surface area contributed by atoms with Crippen molar-refractivity contribution < 1.29 is 0 Å². The highest BCUT2D eigenvalue weighted by molar-refractivity contribution is 5.36. The monoisotopic (exact) mass is 233 g/mol. The molecule has 0 spiro atoms. The Morgan fingerprint density at radius 2 is 1.94 bits per heavy atom. The second-order valence-electron chi connectivity index (χ2n) is 5.36. The summed E-state index contributed by atoms with van der Waals surface area (Å²) in [6.07, 6.45) is 6.76. The third kappa shape index (κ3) is 2.96. The van der Waals surface area contributed by atoms with Crippen LogP contribution in [0.15, 0.2) is 6.07 Å². The van der Waals surface area contributed by atoms with E-state index in [0.717, 1.165) is 23.9 Å². The average molecular weight is 233 g/mol. The highest BCUT2D eigenvalue weighted by Crippen LogP contribution is 2.40. The van der Waals surface area contributed by atoms with E-state index >= 15 is 0 Å². The Morgan fingerprint density at radius 3 is 2.53 bits per heavy atom. The van der Waals surface area contributed by atoms with Crippen molar-refractivity contribution in [2.75, 3.05) is 11.9 Å². The van der Waals surface area contributed by atoms with Crippen LogP contribution in [-0.4, -0.2) is 16.5 Å². The van der Waals surface area contributed by atoms with Crippen LogP contribution < -0.4 is 5.32 Å². The highest BCUT2D eigenvalue weighted by Gasteiger charge is 2.31. The van der Waals surface area contributed by atoms with E-state index in [-0.39, 0.29) is 0 Å². The van der Waals surface area contributed by atoms with Gasteiger partial charge in [-0.05, 0) is 38.5 Å². The molecule has 2 rings (SSSR count). The summed E-state index contributed by atoms with van der Waals surface area (Å²) >= 11 is 0. The summed E-state index contributed by atoms with van der Waals surface area (Å²) in [5.41, 5.74) is 1.55. The van der Waals surface area contributed by atoms with E-state index in [1.807, 2.05) is 19.9 Å². The van der Waals surface area contributed by atoms with Crippen LogP contribution in [0.3, 0.4) is 0 Å². The summed E-state index contributed by atoms with van der Waals surface area (Å²) in [4.78, 5) is 8.74. The zero-order valence-electron chi connectivity index (χ0n) is 11.2. The van der Waals surface area contributed by atoms with Crippen LogP contribution >= 0.6 is 0 Å². The van der Waals surface area contributed by atoms with Gasteiger partial charge in [0, 0.05) is 18.3 Å². The molecule has 0 bridgehead atoms. The zero-order valence-corrected chi connectivity index (χ0v) is 11.2. The molecule has 3 heteroatoms. The van der Waals surface area contributed by atoms with Crippen molar-refractivity contribution in [1.29, 1.82) is 0 Å². The van der Waals surface area contributed by atoms with E-state index in [1.165, 1.54) is 32.1 Å². The standard InChI is InChI=1S/C14H23N3/c1-4-14(7-5-6-8-14)10-15-13-9-11(2)16-12(3)17-13/h9H,4-8,10H2,1-3H3,(H,15,16,17). The predicted molar refractivity (Wildman–Crippen MR) is 71.2 cm³/mol. The topological polar surface area (TPSA) is 37.8 Å². The number of anilines is 1. The van der Waals surface area contributed by atoms with Crippen LogP contribution in [0, 0.1) is 19.3 Å². The number of aromatic nitrogens is 2. The molecule has 3 nitrogen and oxygen atoms in total. The van der Waals surface area contributed by atoms with E-state index in [4.69, 9.17) is 0 Å². The summed E-state index contributed by atoms with van der Waals surface area (Å²) in [7, 11) is 0. The van der Waals surface area contributed by atoms with Gasteiger partial charge in [-0.15, -0.1) is 0 Å². The van der Waals surface area contributed by atoms with Gasteiger partial charge in [-0.2, -0.15) is 0 Å². The molecule has 1 fully saturated rings. The molecule has 1 saturated carbocycles. The molecule has 1 N–H and O–H groups in total. The first kappa shape index (κ1) is 12.3. The van der Waals surface area contributed by atoms with Crippen molar-refractivity contribution in [3.63, 3.8) is 0 Å². The van der Waals surface area contributed by atoms with E-state index in [1.54, 1.807) is 0 Å². The molecule has 0 saturated heterocycles. The molecule has 1 aliphatic rings. The number of aryl methyl sites for hydroxylation is 2. The minimum atomic E-state index is 0.507. The Morgan fingerprint density at radius 1 is 1.24 bits per heavy atom. The van der Waals surface area contributed by atoms with Gasteiger partial charge in [-0.1, -0.05) is 19.8 Å². The van der Waals surface area contributed by atoms with Gasteiger partial charge < -0.3 is 5.32 Å². The van der Waals surface area contributed by atoms with Crippen molar-refractivity contribution in [3.8, 4) is 0 Å². The van der Waals surface area contributed by atoms with Crippen LogP contribution in [0.5, 0.6) is 0 Å². The predicted octanol–water partition coefficient (Wildman–Crippen LogP) is 3.48. The first-order valence-corrected chi connectivity index (χ1v) is 6.70. The van der Waals surface area contributed by atoms with E-state index < -0.39 is 0 Å². The van der Waals surface area contributed by atoms with E-state index in [0.29, 0.717) is 5.41 Å². The van der Waals surface area contributed by atoms with Gasteiger partial charge in [0.2, 0.25) is 0 Å². The van der Waals surface area contributed by atoms with Crippen molar-refractivity contribution in [3.05, 3.63) is 17.6 Å². The number of rotatable bonds is 4. The fourth-order valence-electron chi connectivity index (χ4n) is 2.87. The summed E-state index contributed by atoms with van der Waals surface area (Å²) in [6.45, 7) is 7.33. The van der Waals surface area contributed by atoms with Crippen LogP contribution in [0.1, 0.15) is 50.5 Å². The first-order chi connectivity index (χ1) is 8.13. The normalized spacial score (nSPS) is 18.3. The Hall–Kier alpha value is -1.12. The summed E-state index contributed by atoms with van der Waals surface area (Å²) in [5.74, 6) is 1.83. The molecule has 0 atom stereocenters. The molecule has 0 aromatic carbocycles. The Bertz CT molecular complexity index is 361. The highest BCUT2D eigenvalue weighted by atomic mass is 15.0.